The van der Waals surface area contributed by atoms with Crippen molar-refractivity contribution in [1.82, 2.24) is 13.5 Å². The van der Waals surface area contributed by atoms with Gasteiger partial charge in [-0.05, 0) is 86.6 Å². The smallest absolute Gasteiger partial charge is 0.243 e. The van der Waals surface area contributed by atoms with Crippen LogP contribution >= 0.6 is 11.8 Å². The standard InChI is InChI=1S/C31H39N3O4S3/c1-26-11-15-30(16-12-26)40(35,36)33-21-7-19-32(25-28-9-5-4-6-10-28)20-8-22-34(24-27(2)23-33)41(37,38)31-17-13-29(39-3)14-18-31/h4-6,9-18H,2,7-8,19-25H2,1,3H3. The molecular weight excluding hydrogens is 575 g/mol. The normalized spacial score (nSPS) is 17.6. The van der Waals surface area contributed by atoms with Crippen LogP contribution in [0.4, 0.5) is 0 Å². The molecule has 0 saturated carbocycles. The highest BCUT2D eigenvalue weighted by atomic mass is 32.2. The van der Waals surface area contributed by atoms with Gasteiger partial charge in [-0.3, -0.25) is 4.90 Å². The fourth-order valence-corrected chi connectivity index (χ4v) is 8.33. The minimum Gasteiger partial charge on any atom is -0.299 e. The van der Waals surface area contributed by atoms with Crippen LogP contribution in [-0.4, -0.2) is 75.9 Å². The van der Waals surface area contributed by atoms with Gasteiger partial charge in [0.15, 0.2) is 0 Å². The molecule has 1 heterocycles. The molecule has 3 aromatic carbocycles. The maximum Gasteiger partial charge on any atom is 0.243 e. The molecule has 0 amide bonds. The van der Waals surface area contributed by atoms with Crippen molar-refractivity contribution in [2.24, 2.45) is 0 Å². The second-order valence-corrected chi connectivity index (χ2v) is 15.1. The SMILES string of the molecule is C=C1CN(S(=O)(=O)c2ccc(C)cc2)CCCN(Cc2ccccc2)CCCN(S(=O)(=O)c2ccc(SC)cc2)C1. The van der Waals surface area contributed by atoms with Crippen molar-refractivity contribution in [3.63, 3.8) is 0 Å². The van der Waals surface area contributed by atoms with Crippen molar-refractivity contribution in [3.8, 4) is 0 Å². The molecule has 0 aromatic heterocycles. The molecule has 7 nitrogen and oxygen atoms in total. The number of nitrogens with zero attached hydrogens (tertiary/aromatic N) is 3. The van der Waals surface area contributed by atoms with Gasteiger partial charge in [0.25, 0.3) is 0 Å². The Bertz CT molecular complexity index is 1510. The average molecular weight is 614 g/mol. The van der Waals surface area contributed by atoms with Gasteiger partial charge in [0.2, 0.25) is 20.0 Å². The van der Waals surface area contributed by atoms with Gasteiger partial charge in [-0.1, -0.05) is 54.6 Å². The van der Waals surface area contributed by atoms with E-state index in [9.17, 15) is 16.8 Å². The third-order valence-electron chi connectivity index (χ3n) is 7.17. The summed E-state index contributed by atoms with van der Waals surface area (Å²) in [6, 6.07) is 23.8. The molecule has 1 aliphatic heterocycles. The lowest BCUT2D eigenvalue weighted by atomic mass is 10.2. The summed E-state index contributed by atoms with van der Waals surface area (Å²) >= 11 is 1.55. The van der Waals surface area contributed by atoms with E-state index in [2.05, 4.69) is 23.6 Å². The van der Waals surface area contributed by atoms with E-state index in [1.807, 2.05) is 31.4 Å². The first-order valence-corrected chi connectivity index (χ1v) is 17.8. The highest BCUT2D eigenvalue weighted by Crippen LogP contribution is 2.24. The first-order chi connectivity index (χ1) is 19.6. The van der Waals surface area contributed by atoms with Crippen molar-refractivity contribution in [1.29, 1.82) is 0 Å². The Morgan fingerprint density at radius 1 is 0.707 bits per heavy atom. The molecule has 4 rings (SSSR count). The van der Waals surface area contributed by atoms with Crippen LogP contribution in [0.2, 0.25) is 0 Å². The molecule has 0 radical (unpaired) electrons. The van der Waals surface area contributed by atoms with Crippen molar-refractivity contribution in [3.05, 3.63) is 102 Å². The zero-order valence-electron chi connectivity index (χ0n) is 23.8. The van der Waals surface area contributed by atoms with Gasteiger partial charge in [0, 0.05) is 37.6 Å². The lowest BCUT2D eigenvalue weighted by Crippen LogP contribution is -2.41. The molecule has 0 atom stereocenters. The molecule has 41 heavy (non-hydrogen) atoms. The van der Waals surface area contributed by atoms with Crippen molar-refractivity contribution in [2.45, 2.75) is 41.0 Å². The number of sulfonamides is 2. The second kappa shape index (κ2) is 14.1. The summed E-state index contributed by atoms with van der Waals surface area (Å²) in [5.41, 5.74) is 2.67. The third kappa shape index (κ3) is 8.30. The molecule has 0 unspecified atom stereocenters. The zero-order valence-corrected chi connectivity index (χ0v) is 26.2. The number of benzene rings is 3. The molecule has 3 aromatic rings. The molecule has 1 aliphatic rings. The molecular formula is C31H39N3O4S3. The Balaban J connectivity index is 1.63. The van der Waals surface area contributed by atoms with Gasteiger partial charge in [-0.15, -0.1) is 11.8 Å². The molecule has 10 heteroatoms. The average Bonchev–Trinajstić information content (AvgIpc) is 2.96. The van der Waals surface area contributed by atoms with Crippen LogP contribution in [0.3, 0.4) is 0 Å². The van der Waals surface area contributed by atoms with E-state index in [0.717, 1.165) is 16.0 Å². The number of rotatable bonds is 7. The maximum atomic E-state index is 13.8. The highest BCUT2D eigenvalue weighted by Gasteiger charge is 2.29. The van der Waals surface area contributed by atoms with Crippen LogP contribution in [0.1, 0.15) is 24.0 Å². The summed E-state index contributed by atoms with van der Waals surface area (Å²) in [5, 5.41) is 0. The molecule has 1 saturated heterocycles. The van der Waals surface area contributed by atoms with Crippen molar-refractivity contribution in [2.75, 3.05) is 45.5 Å². The molecule has 0 bridgehead atoms. The van der Waals surface area contributed by atoms with E-state index in [4.69, 9.17) is 0 Å². The van der Waals surface area contributed by atoms with E-state index >= 15 is 0 Å². The van der Waals surface area contributed by atoms with Crippen LogP contribution < -0.4 is 0 Å². The Morgan fingerprint density at radius 3 is 1.68 bits per heavy atom. The van der Waals surface area contributed by atoms with Crippen LogP contribution in [0.25, 0.3) is 0 Å². The summed E-state index contributed by atoms with van der Waals surface area (Å²) in [4.78, 5) is 3.71. The first-order valence-electron chi connectivity index (χ1n) is 13.7. The van der Waals surface area contributed by atoms with E-state index in [1.54, 1.807) is 60.3 Å². The summed E-state index contributed by atoms with van der Waals surface area (Å²) < 4.78 is 57.9. The topological polar surface area (TPSA) is 78.0 Å². The largest absolute Gasteiger partial charge is 0.299 e. The van der Waals surface area contributed by atoms with Crippen molar-refractivity contribution < 1.29 is 16.8 Å². The Hall–Kier alpha value is -2.47. The van der Waals surface area contributed by atoms with Crippen LogP contribution in [0, 0.1) is 6.92 Å². The number of thioether (sulfide) groups is 1. The predicted octanol–water partition coefficient (Wildman–Crippen LogP) is 5.25. The lowest BCUT2D eigenvalue weighted by molar-refractivity contribution is 0.238. The van der Waals surface area contributed by atoms with E-state index < -0.39 is 20.0 Å². The summed E-state index contributed by atoms with van der Waals surface area (Å²) in [5.74, 6) is 0. The third-order valence-corrected chi connectivity index (χ3v) is 11.6. The fraction of sp³-hybridized carbons (Fsp3) is 0.355. The Labute approximate surface area is 250 Å². The van der Waals surface area contributed by atoms with Gasteiger partial charge in [-0.2, -0.15) is 8.61 Å². The highest BCUT2D eigenvalue weighted by molar-refractivity contribution is 7.98. The maximum absolute atomic E-state index is 13.8. The number of hydrogen-bond donors (Lipinski definition) is 0. The predicted molar refractivity (Wildman–Crippen MR) is 167 cm³/mol. The summed E-state index contributed by atoms with van der Waals surface area (Å²) in [7, 11) is -7.62. The van der Waals surface area contributed by atoms with E-state index in [1.165, 1.54) is 8.61 Å². The van der Waals surface area contributed by atoms with Gasteiger partial charge < -0.3 is 0 Å². The monoisotopic (exact) mass is 613 g/mol. The van der Waals surface area contributed by atoms with Crippen LogP contribution in [0.15, 0.2) is 106 Å². The van der Waals surface area contributed by atoms with Gasteiger partial charge in [-0.25, -0.2) is 16.8 Å². The van der Waals surface area contributed by atoms with Gasteiger partial charge >= 0.3 is 0 Å². The Kier molecular flexibility index (Phi) is 10.8. The molecule has 0 aliphatic carbocycles. The Morgan fingerprint density at radius 2 is 1.20 bits per heavy atom. The van der Waals surface area contributed by atoms with Gasteiger partial charge in [0.05, 0.1) is 9.79 Å². The molecule has 220 valence electrons. The zero-order chi connectivity index (χ0) is 29.5. The molecule has 0 spiro atoms. The van der Waals surface area contributed by atoms with Crippen molar-refractivity contribution >= 4 is 31.8 Å². The van der Waals surface area contributed by atoms with Crippen LogP contribution in [-0.2, 0) is 26.6 Å². The number of aryl methyl sites for hydroxylation is 1. The van der Waals surface area contributed by atoms with E-state index in [-0.39, 0.29) is 22.9 Å². The quantitative estimate of drug-likeness (QED) is 0.268. The molecule has 1 fully saturated rings. The minimum absolute atomic E-state index is 0.0468. The summed E-state index contributed by atoms with van der Waals surface area (Å²) in [6.07, 6.45) is 3.24. The number of hydrogen-bond acceptors (Lipinski definition) is 6. The first kappa shape index (κ1) is 31.5. The molecule has 0 N–H and O–H groups in total. The van der Waals surface area contributed by atoms with E-state index in [0.29, 0.717) is 51.1 Å². The fourth-order valence-electron chi connectivity index (χ4n) is 4.93. The van der Waals surface area contributed by atoms with Gasteiger partial charge in [0.1, 0.15) is 0 Å². The second-order valence-electron chi connectivity index (χ2n) is 10.4. The lowest BCUT2D eigenvalue weighted by Gasteiger charge is -2.30. The summed E-state index contributed by atoms with van der Waals surface area (Å²) in [6.45, 7) is 8.85. The minimum atomic E-state index is -3.82. The van der Waals surface area contributed by atoms with Crippen LogP contribution in [0.5, 0.6) is 0 Å².